The van der Waals surface area contributed by atoms with Crippen LogP contribution in [-0.4, -0.2) is 60.6 Å². The number of methoxy groups -OCH3 is 1. The van der Waals surface area contributed by atoms with Gasteiger partial charge in [0, 0.05) is 25.8 Å². The van der Waals surface area contributed by atoms with Crippen molar-refractivity contribution < 1.29 is 26.4 Å². The molecule has 1 aliphatic rings. The van der Waals surface area contributed by atoms with E-state index in [1.165, 1.54) is 42.7 Å². The van der Waals surface area contributed by atoms with Gasteiger partial charge in [0.1, 0.15) is 5.75 Å². The lowest BCUT2D eigenvalue weighted by atomic mass is 10.0. The van der Waals surface area contributed by atoms with E-state index in [1.807, 2.05) is 0 Å². The van der Waals surface area contributed by atoms with Gasteiger partial charge in [0.15, 0.2) is 0 Å². The number of nitrogens with one attached hydrogen (secondary N) is 1. The molecule has 33 heavy (non-hydrogen) atoms. The predicted molar refractivity (Wildman–Crippen MR) is 128 cm³/mol. The first-order chi connectivity index (χ1) is 15.4. The van der Waals surface area contributed by atoms with Gasteiger partial charge in [0.25, 0.3) is 5.91 Å². The summed E-state index contributed by atoms with van der Waals surface area (Å²) < 4.78 is 57.7. The highest BCUT2D eigenvalue weighted by Crippen LogP contribution is 2.28. The number of amides is 1. The third-order valence-corrected chi connectivity index (χ3v) is 8.86. The van der Waals surface area contributed by atoms with E-state index in [4.69, 9.17) is 4.74 Å². The van der Waals surface area contributed by atoms with Gasteiger partial charge in [-0.2, -0.15) is 4.31 Å². The lowest BCUT2D eigenvalue weighted by Gasteiger charge is -2.29. The Morgan fingerprint density at radius 3 is 2.36 bits per heavy atom. The average Bonchev–Trinajstić information content (AvgIpc) is 2.78. The zero-order chi connectivity index (χ0) is 24.4. The Balaban J connectivity index is 1.89. The average molecular weight is 496 g/mol. The molecule has 1 saturated heterocycles. The molecule has 3 rings (SSSR count). The molecule has 0 unspecified atom stereocenters. The molecule has 1 aliphatic heterocycles. The van der Waals surface area contributed by atoms with Crippen molar-refractivity contribution in [1.82, 2.24) is 4.31 Å². The van der Waals surface area contributed by atoms with E-state index >= 15 is 0 Å². The van der Waals surface area contributed by atoms with Crippen LogP contribution in [0.25, 0.3) is 0 Å². The Kier molecular flexibility index (Phi) is 7.35. The Morgan fingerprint density at radius 2 is 1.76 bits per heavy atom. The fraction of sp³-hybridized carbons (Fsp3) is 0.409. The van der Waals surface area contributed by atoms with Crippen molar-refractivity contribution in [1.29, 1.82) is 0 Å². The number of hydrogen-bond acceptors (Lipinski definition) is 6. The van der Waals surface area contributed by atoms with Crippen LogP contribution in [0.15, 0.2) is 47.4 Å². The van der Waals surface area contributed by atoms with E-state index in [9.17, 15) is 21.6 Å². The van der Waals surface area contributed by atoms with Crippen molar-refractivity contribution >= 4 is 37.3 Å². The largest absolute Gasteiger partial charge is 0.496 e. The second-order valence-corrected chi connectivity index (χ2v) is 12.1. The number of anilines is 2. The van der Waals surface area contributed by atoms with Crippen LogP contribution in [0.1, 0.15) is 30.1 Å². The quantitative estimate of drug-likeness (QED) is 0.632. The van der Waals surface area contributed by atoms with Gasteiger partial charge in [-0.05, 0) is 55.2 Å². The number of sulfonamides is 2. The van der Waals surface area contributed by atoms with Crippen LogP contribution < -0.4 is 14.4 Å². The first-order valence-electron chi connectivity index (χ1n) is 10.5. The van der Waals surface area contributed by atoms with Gasteiger partial charge in [-0.15, -0.1) is 0 Å². The fourth-order valence-corrected chi connectivity index (χ4v) is 5.56. The molecule has 1 heterocycles. The topological polar surface area (TPSA) is 113 Å². The molecule has 2 aromatic rings. The van der Waals surface area contributed by atoms with E-state index < -0.39 is 26.0 Å². The second-order valence-electron chi connectivity index (χ2n) is 8.18. The molecule has 0 atom stereocenters. The number of hydrogen-bond donors (Lipinski definition) is 1. The number of ether oxygens (including phenoxy) is 1. The number of nitrogens with zero attached hydrogens (tertiary/aromatic N) is 2. The Hall–Kier alpha value is -2.63. The van der Waals surface area contributed by atoms with E-state index in [0.717, 1.165) is 23.4 Å². The number of carbonyl (C=O) groups is 1. The van der Waals surface area contributed by atoms with Gasteiger partial charge in [-0.3, -0.25) is 9.10 Å². The van der Waals surface area contributed by atoms with Crippen molar-refractivity contribution in [2.24, 2.45) is 5.92 Å². The van der Waals surface area contributed by atoms with Crippen LogP contribution in [0.4, 0.5) is 11.4 Å². The molecule has 0 bridgehead atoms. The van der Waals surface area contributed by atoms with E-state index in [0.29, 0.717) is 30.4 Å². The van der Waals surface area contributed by atoms with Crippen LogP contribution >= 0.6 is 0 Å². The maximum atomic E-state index is 13.1. The van der Waals surface area contributed by atoms with Gasteiger partial charge in [0.05, 0.1) is 29.5 Å². The van der Waals surface area contributed by atoms with Gasteiger partial charge >= 0.3 is 0 Å². The Labute approximate surface area is 195 Å². The summed E-state index contributed by atoms with van der Waals surface area (Å²) in [5.41, 5.74) is 0.789. The van der Waals surface area contributed by atoms with Crippen LogP contribution in [0.5, 0.6) is 5.75 Å². The number of benzene rings is 2. The van der Waals surface area contributed by atoms with E-state index in [1.54, 1.807) is 18.2 Å². The molecular weight excluding hydrogens is 466 g/mol. The smallest absolute Gasteiger partial charge is 0.259 e. The molecule has 180 valence electrons. The van der Waals surface area contributed by atoms with Crippen molar-refractivity contribution in [2.45, 2.75) is 24.7 Å². The molecule has 2 aromatic carbocycles. The minimum absolute atomic E-state index is 0.0218. The lowest BCUT2D eigenvalue weighted by molar-refractivity contribution is 0.102. The molecule has 0 aromatic heterocycles. The van der Waals surface area contributed by atoms with Crippen LogP contribution in [0.3, 0.4) is 0 Å². The molecule has 0 saturated carbocycles. The molecule has 11 heteroatoms. The van der Waals surface area contributed by atoms with Crippen LogP contribution in [0.2, 0.25) is 0 Å². The van der Waals surface area contributed by atoms with Crippen molar-refractivity contribution in [2.75, 3.05) is 43.1 Å². The number of rotatable bonds is 7. The summed E-state index contributed by atoms with van der Waals surface area (Å²) in [7, 11) is -4.41. The summed E-state index contributed by atoms with van der Waals surface area (Å²) in [6.45, 7) is 2.98. The summed E-state index contributed by atoms with van der Waals surface area (Å²) in [4.78, 5) is 13.1. The second kappa shape index (κ2) is 9.70. The normalized spacial score (nSPS) is 15.8. The minimum Gasteiger partial charge on any atom is -0.496 e. The highest BCUT2D eigenvalue weighted by molar-refractivity contribution is 7.92. The maximum absolute atomic E-state index is 13.1. The molecule has 1 amide bonds. The molecule has 0 spiro atoms. The lowest BCUT2D eigenvalue weighted by Crippen LogP contribution is -2.37. The van der Waals surface area contributed by atoms with Crippen LogP contribution in [-0.2, 0) is 20.0 Å². The Morgan fingerprint density at radius 1 is 1.09 bits per heavy atom. The predicted octanol–water partition coefficient (Wildman–Crippen LogP) is 2.76. The van der Waals surface area contributed by atoms with Crippen LogP contribution in [0, 0.1) is 5.92 Å². The maximum Gasteiger partial charge on any atom is 0.259 e. The summed E-state index contributed by atoms with van der Waals surface area (Å²) in [5.74, 6) is 0.129. The third-order valence-electron chi connectivity index (χ3n) is 5.76. The van der Waals surface area contributed by atoms with Gasteiger partial charge in [-0.1, -0.05) is 13.0 Å². The van der Waals surface area contributed by atoms with Crippen molar-refractivity contribution in [3.63, 3.8) is 0 Å². The summed E-state index contributed by atoms with van der Waals surface area (Å²) >= 11 is 0. The first-order valence-corrected chi connectivity index (χ1v) is 13.8. The highest BCUT2D eigenvalue weighted by atomic mass is 32.2. The minimum atomic E-state index is -3.75. The molecule has 1 N–H and O–H groups in total. The Bertz CT molecular complexity index is 1240. The molecular formula is C22H29N3O6S2. The molecule has 9 nitrogen and oxygen atoms in total. The first kappa shape index (κ1) is 25.0. The third kappa shape index (κ3) is 5.66. The number of carbonyl (C=O) groups excluding carboxylic acids is 1. The van der Waals surface area contributed by atoms with E-state index in [-0.39, 0.29) is 16.2 Å². The fourth-order valence-electron chi connectivity index (χ4n) is 3.57. The summed E-state index contributed by atoms with van der Waals surface area (Å²) in [5, 5.41) is 2.69. The molecule has 0 radical (unpaired) electrons. The van der Waals surface area contributed by atoms with E-state index in [2.05, 4.69) is 12.2 Å². The van der Waals surface area contributed by atoms with Gasteiger partial charge in [-0.25, -0.2) is 16.8 Å². The molecule has 0 aliphatic carbocycles. The van der Waals surface area contributed by atoms with Gasteiger partial charge < -0.3 is 10.1 Å². The standard InChI is InChI=1S/C22H29N3O6S2/c1-16-10-12-25(13-11-16)33(29,30)19-8-9-21(31-3)20(15-19)22(26)23-17-6-5-7-18(14-17)24(2)32(4,27)28/h5-9,14-16H,10-13H2,1-4H3,(H,23,26). The van der Waals surface area contributed by atoms with Crippen molar-refractivity contribution in [3.8, 4) is 5.75 Å². The monoisotopic (exact) mass is 495 g/mol. The summed E-state index contributed by atoms with van der Waals surface area (Å²) in [6.07, 6.45) is 2.67. The zero-order valence-corrected chi connectivity index (χ0v) is 20.7. The SMILES string of the molecule is COc1ccc(S(=O)(=O)N2CCC(C)CC2)cc1C(=O)Nc1cccc(N(C)S(C)(=O)=O)c1. The summed E-state index contributed by atoms with van der Waals surface area (Å²) in [6, 6.07) is 10.5. The van der Waals surface area contributed by atoms with Crippen molar-refractivity contribution in [3.05, 3.63) is 48.0 Å². The highest BCUT2D eigenvalue weighted by Gasteiger charge is 2.29. The van der Waals surface area contributed by atoms with Gasteiger partial charge in [0.2, 0.25) is 20.0 Å². The number of piperidine rings is 1. The zero-order valence-electron chi connectivity index (χ0n) is 19.1. The molecule has 1 fully saturated rings.